The first-order valence-corrected chi connectivity index (χ1v) is 7.49. The second-order valence-corrected chi connectivity index (χ2v) is 6.20. The first kappa shape index (κ1) is 14.9. The molecule has 2 atom stereocenters. The van der Waals surface area contributed by atoms with E-state index < -0.39 is 17.4 Å². The molecule has 0 radical (unpaired) electrons. The van der Waals surface area contributed by atoms with E-state index in [9.17, 15) is 13.6 Å². The maximum absolute atomic E-state index is 13.6. The standard InChI is InChI=1S/C17H18F2N2O/c1-9-5-14-15(6-10(9)2)21-17(20-14)8-16(22)12-4-3-11(18)7-13(12)19/h3-4,7,9-10H,5-6,8H2,1-2H3,(H,20,21). The Bertz CT molecular complexity index is 696. The van der Waals surface area contributed by atoms with Gasteiger partial charge in [-0.2, -0.15) is 0 Å². The highest BCUT2D eigenvalue weighted by molar-refractivity contribution is 5.97. The molecule has 1 aliphatic rings. The quantitative estimate of drug-likeness (QED) is 0.882. The van der Waals surface area contributed by atoms with E-state index in [2.05, 4.69) is 23.8 Å². The van der Waals surface area contributed by atoms with Crippen LogP contribution < -0.4 is 0 Å². The zero-order valence-electron chi connectivity index (χ0n) is 12.6. The van der Waals surface area contributed by atoms with Crippen molar-refractivity contribution in [3.8, 4) is 0 Å². The van der Waals surface area contributed by atoms with Crippen LogP contribution in [0.3, 0.4) is 0 Å². The molecule has 0 saturated heterocycles. The van der Waals surface area contributed by atoms with Crippen molar-refractivity contribution in [1.82, 2.24) is 9.97 Å². The van der Waals surface area contributed by atoms with Crippen LogP contribution in [0.4, 0.5) is 8.78 Å². The first-order chi connectivity index (χ1) is 10.4. The number of H-pyrrole nitrogens is 1. The Balaban J connectivity index is 1.79. The zero-order chi connectivity index (χ0) is 15.9. The van der Waals surface area contributed by atoms with Gasteiger partial charge >= 0.3 is 0 Å². The predicted molar refractivity (Wildman–Crippen MR) is 78.7 cm³/mol. The fourth-order valence-electron chi connectivity index (χ4n) is 2.92. The number of ketones is 1. The Labute approximate surface area is 127 Å². The van der Waals surface area contributed by atoms with Crippen molar-refractivity contribution in [3.63, 3.8) is 0 Å². The number of nitrogens with zero attached hydrogens (tertiary/aromatic N) is 1. The second kappa shape index (κ2) is 5.63. The molecule has 2 aromatic rings. The molecular formula is C17H18F2N2O. The molecule has 0 spiro atoms. The van der Waals surface area contributed by atoms with E-state index in [1.807, 2.05) is 0 Å². The van der Waals surface area contributed by atoms with Gasteiger partial charge in [-0.15, -0.1) is 0 Å². The number of benzene rings is 1. The first-order valence-electron chi connectivity index (χ1n) is 7.49. The van der Waals surface area contributed by atoms with Gasteiger partial charge in [-0.3, -0.25) is 4.79 Å². The van der Waals surface area contributed by atoms with Crippen LogP contribution in [0.15, 0.2) is 18.2 Å². The monoisotopic (exact) mass is 304 g/mol. The van der Waals surface area contributed by atoms with Gasteiger partial charge < -0.3 is 4.98 Å². The van der Waals surface area contributed by atoms with Crippen molar-refractivity contribution < 1.29 is 13.6 Å². The summed E-state index contributed by atoms with van der Waals surface area (Å²) < 4.78 is 26.5. The van der Waals surface area contributed by atoms with Gasteiger partial charge in [0.05, 0.1) is 17.7 Å². The van der Waals surface area contributed by atoms with E-state index in [1.54, 1.807) is 0 Å². The number of carbonyl (C=O) groups excluding carboxylic acids is 1. The van der Waals surface area contributed by atoms with Gasteiger partial charge in [0.2, 0.25) is 0 Å². The lowest BCUT2D eigenvalue weighted by Crippen LogP contribution is -2.20. The van der Waals surface area contributed by atoms with Gasteiger partial charge in [-0.05, 0) is 36.8 Å². The van der Waals surface area contributed by atoms with E-state index >= 15 is 0 Å². The molecule has 1 aliphatic carbocycles. The molecular weight excluding hydrogens is 286 g/mol. The molecule has 3 rings (SSSR count). The van der Waals surface area contributed by atoms with Crippen LogP contribution in [0.1, 0.15) is 41.4 Å². The van der Waals surface area contributed by atoms with Crippen LogP contribution in [0.5, 0.6) is 0 Å². The highest BCUT2D eigenvalue weighted by Crippen LogP contribution is 2.28. The van der Waals surface area contributed by atoms with Gasteiger partial charge in [0, 0.05) is 11.8 Å². The van der Waals surface area contributed by atoms with E-state index in [4.69, 9.17) is 0 Å². The summed E-state index contributed by atoms with van der Waals surface area (Å²) in [7, 11) is 0. The van der Waals surface area contributed by atoms with Crippen LogP contribution in [0.25, 0.3) is 0 Å². The summed E-state index contributed by atoms with van der Waals surface area (Å²) in [5.74, 6) is -0.223. The third kappa shape index (κ3) is 2.80. The van der Waals surface area contributed by atoms with Crippen molar-refractivity contribution in [1.29, 1.82) is 0 Å². The number of hydrogen-bond donors (Lipinski definition) is 1. The Morgan fingerprint density at radius 2 is 2.00 bits per heavy atom. The molecule has 0 amide bonds. The summed E-state index contributed by atoms with van der Waals surface area (Å²) in [6.07, 6.45) is 1.81. The molecule has 0 aliphatic heterocycles. The number of fused-ring (bicyclic) bond motifs is 1. The van der Waals surface area contributed by atoms with Crippen molar-refractivity contribution >= 4 is 5.78 Å². The zero-order valence-corrected chi connectivity index (χ0v) is 12.6. The molecule has 1 aromatic carbocycles. The summed E-state index contributed by atoms with van der Waals surface area (Å²) in [4.78, 5) is 19.8. The summed E-state index contributed by atoms with van der Waals surface area (Å²) in [6.45, 7) is 4.40. The van der Waals surface area contributed by atoms with Gasteiger partial charge in [0.1, 0.15) is 17.5 Å². The molecule has 1 N–H and O–H groups in total. The molecule has 5 heteroatoms. The van der Waals surface area contributed by atoms with Crippen LogP contribution in [-0.2, 0) is 19.3 Å². The smallest absolute Gasteiger partial charge is 0.173 e. The van der Waals surface area contributed by atoms with Gasteiger partial charge in [0.15, 0.2) is 5.78 Å². The number of aromatic amines is 1. The number of imidazole rings is 1. The molecule has 0 saturated carbocycles. The lowest BCUT2D eigenvalue weighted by molar-refractivity contribution is 0.0987. The molecule has 0 bridgehead atoms. The minimum absolute atomic E-state index is 0.00167. The molecule has 3 nitrogen and oxygen atoms in total. The Kier molecular flexibility index (Phi) is 3.81. The van der Waals surface area contributed by atoms with Crippen LogP contribution in [-0.4, -0.2) is 15.8 Å². The number of hydrogen-bond acceptors (Lipinski definition) is 2. The van der Waals surface area contributed by atoms with Gasteiger partial charge in [-0.25, -0.2) is 13.8 Å². The lowest BCUT2D eigenvalue weighted by Gasteiger charge is -2.24. The maximum atomic E-state index is 13.6. The summed E-state index contributed by atoms with van der Waals surface area (Å²) in [5.41, 5.74) is 1.98. The fraction of sp³-hybridized carbons (Fsp3) is 0.412. The van der Waals surface area contributed by atoms with Gasteiger partial charge in [0.25, 0.3) is 0 Å². The lowest BCUT2D eigenvalue weighted by atomic mass is 9.82. The average molecular weight is 304 g/mol. The van der Waals surface area contributed by atoms with Crippen LogP contribution >= 0.6 is 0 Å². The number of rotatable bonds is 3. The highest BCUT2D eigenvalue weighted by atomic mass is 19.1. The van der Waals surface area contributed by atoms with Crippen LogP contribution in [0, 0.1) is 23.5 Å². The topological polar surface area (TPSA) is 45.8 Å². The van der Waals surface area contributed by atoms with Crippen molar-refractivity contribution in [2.45, 2.75) is 33.1 Å². The predicted octanol–water partition coefficient (Wildman–Crippen LogP) is 3.48. The molecule has 116 valence electrons. The molecule has 0 fully saturated rings. The Hall–Kier alpha value is -2.04. The third-order valence-electron chi connectivity index (χ3n) is 4.49. The number of halogens is 2. The molecule has 22 heavy (non-hydrogen) atoms. The third-order valence-corrected chi connectivity index (χ3v) is 4.49. The van der Waals surface area contributed by atoms with E-state index in [-0.39, 0.29) is 12.0 Å². The number of aromatic nitrogens is 2. The van der Waals surface area contributed by atoms with Crippen molar-refractivity contribution in [3.05, 3.63) is 52.6 Å². The average Bonchev–Trinajstić information content (AvgIpc) is 2.80. The number of Topliss-reactive ketones (excluding diaryl/α,β-unsaturated/α-hetero) is 1. The highest BCUT2D eigenvalue weighted by Gasteiger charge is 2.25. The largest absolute Gasteiger partial charge is 0.345 e. The molecule has 1 heterocycles. The minimum atomic E-state index is -0.830. The van der Waals surface area contributed by atoms with E-state index in [0.29, 0.717) is 17.7 Å². The SMILES string of the molecule is CC1Cc2nc(CC(=O)c3ccc(F)cc3F)[nH]c2CC1C. The van der Waals surface area contributed by atoms with Crippen LogP contribution in [0.2, 0.25) is 0 Å². The molecule has 2 unspecified atom stereocenters. The summed E-state index contributed by atoms with van der Waals surface area (Å²) in [5, 5.41) is 0. The van der Waals surface area contributed by atoms with E-state index in [0.717, 1.165) is 36.4 Å². The Morgan fingerprint density at radius 1 is 1.27 bits per heavy atom. The Morgan fingerprint density at radius 3 is 2.73 bits per heavy atom. The van der Waals surface area contributed by atoms with E-state index in [1.165, 1.54) is 6.07 Å². The number of carbonyl (C=O) groups is 1. The van der Waals surface area contributed by atoms with Gasteiger partial charge in [-0.1, -0.05) is 13.8 Å². The summed E-state index contributed by atoms with van der Waals surface area (Å²) >= 11 is 0. The summed E-state index contributed by atoms with van der Waals surface area (Å²) in [6, 6.07) is 3.00. The van der Waals surface area contributed by atoms with Crippen molar-refractivity contribution in [2.24, 2.45) is 11.8 Å². The second-order valence-electron chi connectivity index (χ2n) is 6.20. The maximum Gasteiger partial charge on any atom is 0.173 e. The normalized spacial score (nSPS) is 20.7. The molecule has 1 aromatic heterocycles. The minimum Gasteiger partial charge on any atom is -0.345 e. The fourth-order valence-corrected chi connectivity index (χ4v) is 2.92. The van der Waals surface area contributed by atoms with Crippen molar-refractivity contribution in [2.75, 3.05) is 0 Å². The number of nitrogens with one attached hydrogen (secondary N) is 1.